The van der Waals surface area contributed by atoms with Crippen LogP contribution in [0, 0.1) is 5.82 Å². The van der Waals surface area contributed by atoms with Gasteiger partial charge in [0.05, 0.1) is 10.9 Å². The molecule has 0 bridgehead atoms. The van der Waals surface area contributed by atoms with E-state index in [-0.39, 0.29) is 4.90 Å². The fraction of sp³-hybridized carbons (Fsp3) is 0.133. The Hall–Kier alpha value is -1.77. The van der Waals surface area contributed by atoms with Gasteiger partial charge in [0.1, 0.15) is 5.82 Å². The van der Waals surface area contributed by atoms with Crippen molar-refractivity contribution < 1.29 is 17.6 Å². The summed E-state index contributed by atoms with van der Waals surface area (Å²) in [6, 6.07) is 10.3. The van der Waals surface area contributed by atoms with E-state index < -0.39 is 27.8 Å². The molecule has 0 heterocycles. The fourth-order valence-electron chi connectivity index (χ4n) is 1.78. The Morgan fingerprint density at radius 3 is 2.43 bits per heavy atom. The van der Waals surface area contributed by atoms with E-state index in [1.165, 1.54) is 6.92 Å². The monoisotopic (exact) mass is 400 g/mol. The number of halogens is 2. The van der Waals surface area contributed by atoms with Crippen molar-refractivity contribution in [3.63, 3.8) is 0 Å². The molecule has 0 aliphatic heterocycles. The quantitative estimate of drug-likeness (QED) is 0.809. The molecule has 1 atom stereocenters. The minimum Gasteiger partial charge on any atom is -0.325 e. The predicted octanol–water partition coefficient (Wildman–Crippen LogP) is 2.89. The van der Waals surface area contributed by atoms with Crippen molar-refractivity contribution in [3.05, 3.63) is 58.8 Å². The maximum Gasteiger partial charge on any atom is 0.242 e. The lowest BCUT2D eigenvalue weighted by Gasteiger charge is -2.14. The second kappa shape index (κ2) is 7.20. The fourth-order valence-corrected chi connectivity index (χ4v) is 3.39. The summed E-state index contributed by atoms with van der Waals surface area (Å²) in [4.78, 5) is 12.0. The molecule has 2 aromatic carbocycles. The number of sulfonamides is 1. The van der Waals surface area contributed by atoms with E-state index in [0.29, 0.717) is 5.69 Å². The van der Waals surface area contributed by atoms with Crippen molar-refractivity contribution in [2.24, 2.45) is 0 Å². The summed E-state index contributed by atoms with van der Waals surface area (Å²) in [5.41, 5.74) is 0.539. The summed E-state index contributed by atoms with van der Waals surface area (Å²) < 4.78 is 40.2. The van der Waals surface area contributed by atoms with Crippen molar-refractivity contribution in [2.75, 3.05) is 5.32 Å². The van der Waals surface area contributed by atoms with Crippen LogP contribution in [0.1, 0.15) is 6.92 Å². The van der Waals surface area contributed by atoms with Gasteiger partial charge in [-0.1, -0.05) is 22.0 Å². The Morgan fingerprint density at radius 2 is 1.83 bits per heavy atom. The molecule has 23 heavy (non-hydrogen) atoms. The number of nitrogens with one attached hydrogen (secondary N) is 2. The van der Waals surface area contributed by atoms with Gasteiger partial charge in [0.15, 0.2) is 0 Å². The zero-order valence-corrected chi connectivity index (χ0v) is 14.5. The molecule has 2 aromatic rings. The van der Waals surface area contributed by atoms with Gasteiger partial charge in [0.25, 0.3) is 0 Å². The molecule has 0 spiro atoms. The lowest BCUT2D eigenvalue weighted by Crippen LogP contribution is -2.41. The first-order valence-corrected chi connectivity index (χ1v) is 8.90. The van der Waals surface area contributed by atoms with Crippen LogP contribution >= 0.6 is 15.9 Å². The Balaban J connectivity index is 2.06. The molecule has 0 saturated carbocycles. The molecule has 0 saturated heterocycles. The normalized spacial score (nSPS) is 12.7. The molecule has 0 aliphatic carbocycles. The van der Waals surface area contributed by atoms with Crippen LogP contribution in [-0.4, -0.2) is 20.4 Å². The highest BCUT2D eigenvalue weighted by Gasteiger charge is 2.22. The van der Waals surface area contributed by atoms with E-state index in [4.69, 9.17) is 0 Å². The first kappa shape index (κ1) is 17.6. The Labute approximate surface area is 142 Å². The molecule has 2 rings (SSSR count). The summed E-state index contributed by atoms with van der Waals surface area (Å²) in [6.45, 7) is 1.42. The van der Waals surface area contributed by atoms with Crippen LogP contribution in [0.15, 0.2) is 57.9 Å². The van der Waals surface area contributed by atoms with E-state index in [2.05, 4.69) is 26.0 Å². The topological polar surface area (TPSA) is 75.3 Å². The lowest BCUT2D eigenvalue weighted by atomic mass is 10.3. The maximum absolute atomic E-state index is 12.9. The molecule has 2 N–H and O–H groups in total. The van der Waals surface area contributed by atoms with Crippen LogP contribution in [-0.2, 0) is 14.8 Å². The molecule has 0 unspecified atom stereocenters. The van der Waals surface area contributed by atoms with Crippen molar-refractivity contribution in [1.82, 2.24) is 4.72 Å². The largest absolute Gasteiger partial charge is 0.325 e. The summed E-state index contributed by atoms with van der Waals surface area (Å²) in [5.74, 6) is -1.04. The Bertz CT molecular complexity index is 810. The van der Waals surface area contributed by atoms with E-state index in [9.17, 15) is 17.6 Å². The van der Waals surface area contributed by atoms with Gasteiger partial charge in [-0.05, 0) is 49.4 Å². The Kier molecular flexibility index (Phi) is 5.51. The number of rotatable bonds is 5. The smallest absolute Gasteiger partial charge is 0.242 e. The summed E-state index contributed by atoms with van der Waals surface area (Å²) >= 11 is 3.28. The summed E-state index contributed by atoms with van der Waals surface area (Å²) in [7, 11) is -3.91. The third-order valence-electron chi connectivity index (χ3n) is 2.94. The van der Waals surface area contributed by atoms with Gasteiger partial charge in [0.2, 0.25) is 15.9 Å². The van der Waals surface area contributed by atoms with Crippen LogP contribution in [0.2, 0.25) is 0 Å². The first-order valence-electron chi connectivity index (χ1n) is 6.62. The number of amides is 1. The van der Waals surface area contributed by atoms with Crippen LogP contribution in [0.5, 0.6) is 0 Å². The molecule has 0 aliphatic rings. The van der Waals surface area contributed by atoms with Crippen LogP contribution in [0.3, 0.4) is 0 Å². The standard InChI is InChI=1S/C15H14BrFN2O3S/c1-10(15(20)18-13-4-2-3-11(16)9-13)19-23(21,22)14-7-5-12(17)6-8-14/h2-10,19H,1H3,(H,18,20)/t10-/m0/s1. The van der Waals surface area contributed by atoms with E-state index in [0.717, 1.165) is 28.7 Å². The van der Waals surface area contributed by atoms with Crippen molar-refractivity contribution >= 4 is 37.5 Å². The average Bonchev–Trinajstić information content (AvgIpc) is 2.47. The predicted molar refractivity (Wildman–Crippen MR) is 89.0 cm³/mol. The maximum atomic E-state index is 12.9. The Morgan fingerprint density at radius 1 is 1.17 bits per heavy atom. The van der Waals surface area contributed by atoms with E-state index in [1.807, 2.05) is 0 Å². The third-order valence-corrected chi connectivity index (χ3v) is 4.99. The molecule has 0 aromatic heterocycles. The van der Waals surface area contributed by atoms with Gasteiger partial charge < -0.3 is 5.32 Å². The molecule has 0 fully saturated rings. The summed E-state index contributed by atoms with van der Waals surface area (Å²) in [5, 5.41) is 2.61. The van der Waals surface area contributed by atoms with Gasteiger partial charge in [-0.15, -0.1) is 0 Å². The molecule has 122 valence electrons. The number of hydrogen-bond donors (Lipinski definition) is 2. The zero-order valence-electron chi connectivity index (χ0n) is 12.1. The number of carbonyl (C=O) groups excluding carboxylic acids is 1. The molecule has 8 heteroatoms. The second-order valence-corrected chi connectivity index (χ2v) is 7.43. The number of hydrogen-bond acceptors (Lipinski definition) is 3. The van der Waals surface area contributed by atoms with Crippen molar-refractivity contribution in [3.8, 4) is 0 Å². The first-order chi connectivity index (χ1) is 10.8. The van der Waals surface area contributed by atoms with Gasteiger partial charge in [-0.25, -0.2) is 12.8 Å². The molecular weight excluding hydrogens is 387 g/mol. The van der Waals surface area contributed by atoms with Gasteiger partial charge in [-0.2, -0.15) is 4.72 Å². The number of benzene rings is 2. The third kappa shape index (κ3) is 4.85. The van der Waals surface area contributed by atoms with Crippen molar-refractivity contribution in [1.29, 1.82) is 0 Å². The van der Waals surface area contributed by atoms with E-state index >= 15 is 0 Å². The van der Waals surface area contributed by atoms with Crippen LogP contribution in [0.25, 0.3) is 0 Å². The highest BCUT2D eigenvalue weighted by Crippen LogP contribution is 2.16. The molecular formula is C15H14BrFN2O3S. The highest BCUT2D eigenvalue weighted by molar-refractivity contribution is 9.10. The SMILES string of the molecule is C[C@H](NS(=O)(=O)c1ccc(F)cc1)C(=O)Nc1cccc(Br)c1. The zero-order chi connectivity index (χ0) is 17.0. The van der Waals surface area contributed by atoms with Gasteiger partial charge >= 0.3 is 0 Å². The van der Waals surface area contributed by atoms with Crippen molar-refractivity contribution in [2.45, 2.75) is 17.9 Å². The minimum atomic E-state index is -3.91. The average molecular weight is 401 g/mol. The summed E-state index contributed by atoms with van der Waals surface area (Å²) in [6.07, 6.45) is 0. The minimum absolute atomic E-state index is 0.110. The van der Waals surface area contributed by atoms with Crippen LogP contribution in [0.4, 0.5) is 10.1 Å². The number of anilines is 1. The van der Waals surface area contributed by atoms with Gasteiger partial charge in [-0.3, -0.25) is 4.79 Å². The van der Waals surface area contributed by atoms with E-state index in [1.54, 1.807) is 24.3 Å². The molecule has 5 nitrogen and oxygen atoms in total. The second-order valence-electron chi connectivity index (χ2n) is 4.80. The highest BCUT2D eigenvalue weighted by atomic mass is 79.9. The number of carbonyl (C=O) groups is 1. The van der Waals surface area contributed by atoms with Gasteiger partial charge in [0, 0.05) is 10.2 Å². The molecule has 1 amide bonds. The molecule has 0 radical (unpaired) electrons. The lowest BCUT2D eigenvalue weighted by molar-refractivity contribution is -0.117. The van der Waals surface area contributed by atoms with Crippen LogP contribution < -0.4 is 10.0 Å².